The molecule has 7 heteroatoms. The van der Waals surface area contributed by atoms with Gasteiger partial charge in [0.1, 0.15) is 11.5 Å². The minimum atomic E-state index is -0.350. The molecule has 0 saturated carbocycles. The van der Waals surface area contributed by atoms with E-state index >= 15 is 0 Å². The van der Waals surface area contributed by atoms with Crippen molar-refractivity contribution in [2.45, 2.75) is 13.8 Å². The molecule has 1 aromatic heterocycles. The van der Waals surface area contributed by atoms with Crippen molar-refractivity contribution in [3.63, 3.8) is 0 Å². The van der Waals surface area contributed by atoms with E-state index in [-0.39, 0.29) is 11.6 Å². The number of rotatable bonds is 5. The predicted octanol–water partition coefficient (Wildman–Crippen LogP) is 3.88. The van der Waals surface area contributed by atoms with Crippen LogP contribution in [0.3, 0.4) is 0 Å². The van der Waals surface area contributed by atoms with Gasteiger partial charge in [-0.2, -0.15) is 0 Å². The van der Waals surface area contributed by atoms with Crippen molar-refractivity contribution in [2.24, 2.45) is 0 Å². The van der Waals surface area contributed by atoms with Gasteiger partial charge in [-0.1, -0.05) is 23.2 Å². The number of hydrogen-bond donors (Lipinski definition) is 1. The quantitative estimate of drug-likeness (QED) is 0.898. The van der Waals surface area contributed by atoms with Crippen LogP contribution in [0.2, 0.25) is 10.0 Å². The lowest BCUT2D eigenvalue weighted by molar-refractivity contribution is 0.102. The Morgan fingerprint density at radius 3 is 2.41 bits per heavy atom. The SMILES string of the molecule is CCN(CC)c1cnc(C(=O)Nc2ccc(Cl)c(Cl)c2)cn1. The highest BCUT2D eigenvalue weighted by atomic mass is 35.5. The van der Waals surface area contributed by atoms with Gasteiger partial charge in [-0.05, 0) is 32.0 Å². The molecule has 2 rings (SSSR count). The van der Waals surface area contributed by atoms with E-state index in [1.807, 2.05) is 18.7 Å². The molecule has 116 valence electrons. The molecule has 0 aliphatic rings. The molecule has 0 fully saturated rings. The number of halogens is 2. The number of carbonyl (C=O) groups is 1. The number of carbonyl (C=O) groups excluding carboxylic acids is 1. The number of anilines is 2. The highest BCUT2D eigenvalue weighted by molar-refractivity contribution is 6.42. The molecule has 0 saturated heterocycles. The average Bonchev–Trinajstić information content (AvgIpc) is 2.53. The summed E-state index contributed by atoms with van der Waals surface area (Å²) in [6, 6.07) is 4.87. The Kier molecular flexibility index (Phi) is 5.57. The number of nitrogens with one attached hydrogen (secondary N) is 1. The fourth-order valence-electron chi connectivity index (χ4n) is 1.92. The molecule has 0 unspecified atom stereocenters. The van der Waals surface area contributed by atoms with Gasteiger partial charge in [-0.3, -0.25) is 4.79 Å². The molecular weight excluding hydrogens is 323 g/mol. The molecule has 5 nitrogen and oxygen atoms in total. The summed E-state index contributed by atoms with van der Waals surface area (Å²) in [6.07, 6.45) is 3.05. The van der Waals surface area contributed by atoms with Crippen LogP contribution in [0.15, 0.2) is 30.6 Å². The highest BCUT2D eigenvalue weighted by Crippen LogP contribution is 2.25. The molecule has 2 aromatic rings. The van der Waals surface area contributed by atoms with Crippen molar-refractivity contribution >= 4 is 40.6 Å². The molecule has 0 radical (unpaired) electrons. The first kappa shape index (κ1) is 16.5. The number of amides is 1. The minimum Gasteiger partial charge on any atom is -0.356 e. The summed E-state index contributed by atoms with van der Waals surface area (Å²) >= 11 is 11.8. The van der Waals surface area contributed by atoms with Crippen LogP contribution in [0.25, 0.3) is 0 Å². The van der Waals surface area contributed by atoms with Gasteiger partial charge in [0.15, 0.2) is 0 Å². The van der Waals surface area contributed by atoms with Gasteiger partial charge in [-0.25, -0.2) is 9.97 Å². The lowest BCUT2D eigenvalue weighted by atomic mass is 10.3. The Morgan fingerprint density at radius 2 is 1.86 bits per heavy atom. The van der Waals surface area contributed by atoms with E-state index in [0.717, 1.165) is 18.9 Å². The van der Waals surface area contributed by atoms with Gasteiger partial charge in [0.05, 0.1) is 22.4 Å². The molecule has 0 aliphatic heterocycles. The Hall–Kier alpha value is -1.85. The average molecular weight is 339 g/mol. The van der Waals surface area contributed by atoms with Gasteiger partial charge in [-0.15, -0.1) is 0 Å². The summed E-state index contributed by atoms with van der Waals surface area (Å²) < 4.78 is 0. The molecule has 0 aliphatic carbocycles. The maximum atomic E-state index is 12.1. The predicted molar refractivity (Wildman–Crippen MR) is 90.0 cm³/mol. The van der Waals surface area contributed by atoms with E-state index in [2.05, 4.69) is 15.3 Å². The summed E-state index contributed by atoms with van der Waals surface area (Å²) in [4.78, 5) is 22.6. The maximum absolute atomic E-state index is 12.1. The molecule has 1 aromatic carbocycles. The van der Waals surface area contributed by atoms with Gasteiger partial charge < -0.3 is 10.2 Å². The maximum Gasteiger partial charge on any atom is 0.275 e. The van der Waals surface area contributed by atoms with Crippen LogP contribution in [0, 0.1) is 0 Å². The van der Waals surface area contributed by atoms with Crippen molar-refractivity contribution in [1.29, 1.82) is 0 Å². The van der Waals surface area contributed by atoms with E-state index in [4.69, 9.17) is 23.2 Å². The molecule has 0 atom stereocenters. The van der Waals surface area contributed by atoms with Gasteiger partial charge in [0.2, 0.25) is 0 Å². The first-order valence-electron chi connectivity index (χ1n) is 6.88. The third kappa shape index (κ3) is 3.87. The normalized spacial score (nSPS) is 10.4. The van der Waals surface area contributed by atoms with Crippen LogP contribution < -0.4 is 10.2 Å². The van der Waals surface area contributed by atoms with Crippen LogP contribution in [0.5, 0.6) is 0 Å². The van der Waals surface area contributed by atoms with Crippen molar-refractivity contribution in [3.8, 4) is 0 Å². The van der Waals surface area contributed by atoms with Crippen molar-refractivity contribution in [2.75, 3.05) is 23.3 Å². The summed E-state index contributed by atoms with van der Waals surface area (Å²) in [6.45, 7) is 5.74. The van der Waals surface area contributed by atoms with Gasteiger partial charge in [0, 0.05) is 18.8 Å². The highest BCUT2D eigenvalue weighted by Gasteiger charge is 2.11. The molecule has 0 spiro atoms. The summed E-state index contributed by atoms with van der Waals surface area (Å²) in [5.41, 5.74) is 0.788. The number of benzene rings is 1. The molecule has 22 heavy (non-hydrogen) atoms. The zero-order chi connectivity index (χ0) is 16.1. The van der Waals surface area contributed by atoms with Crippen LogP contribution in [0.4, 0.5) is 11.5 Å². The second kappa shape index (κ2) is 7.42. The molecule has 0 bridgehead atoms. The molecular formula is C15H16Cl2N4O. The number of aromatic nitrogens is 2. The monoisotopic (exact) mass is 338 g/mol. The Morgan fingerprint density at radius 1 is 1.14 bits per heavy atom. The van der Waals surface area contributed by atoms with Gasteiger partial charge >= 0.3 is 0 Å². The third-order valence-corrected chi connectivity index (χ3v) is 3.87. The van der Waals surface area contributed by atoms with E-state index in [9.17, 15) is 4.79 Å². The lowest BCUT2D eigenvalue weighted by Crippen LogP contribution is -2.23. The summed E-state index contributed by atoms with van der Waals surface area (Å²) in [7, 11) is 0. The lowest BCUT2D eigenvalue weighted by Gasteiger charge is -2.18. The number of nitrogens with zero attached hydrogens (tertiary/aromatic N) is 3. The second-order valence-electron chi connectivity index (χ2n) is 4.52. The Balaban J connectivity index is 2.11. The van der Waals surface area contributed by atoms with Crippen molar-refractivity contribution < 1.29 is 4.79 Å². The van der Waals surface area contributed by atoms with Gasteiger partial charge in [0.25, 0.3) is 5.91 Å². The van der Waals surface area contributed by atoms with Crippen molar-refractivity contribution in [3.05, 3.63) is 46.3 Å². The van der Waals surface area contributed by atoms with E-state index < -0.39 is 0 Å². The standard InChI is InChI=1S/C15H16Cl2N4O/c1-3-21(4-2)14-9-18-13(8-19-14)15(22)20-10-5-6-11(16)12(17)7-10/h5-9H,3-4H2,1-2H3,(H,20,22). The molecule has 1 heterocycles. The molecule has 1 N–H and O–H groups in total. The van der Waals surface area contributed by atoms with E-state index in [1.54, 1.807) is 24.4 Å². The number of hydrogen-bond acceptors (Lipinski definition) is 4. The van der Waals surface area contributed by atoms with Crippen LogP contribution in [0.1, 0.15) is 24.3 Å². The Labute approximate surface area is 139 Å². The summed E-state index contributed by atoms with van der Waals surface area (Å²) in [5, 5.41) is 3.52. The zero-order valence-electron chi connectivity index (χ0n) is 12.3. The minimum absolute atomic E-state index is 0.238. The smallest absolute Gasteiger partial charge is 0.275 e. The fourth-order valence-corrected chi connectivity index (χ4v) is 2.22. The largest absolute Gasteiger partial charge is 0.356 e. The van der Waals surface area contributed by atoms with Crippen LogP contribution in [-0.4, -0.2) is 29.0 Å². The topological polar surface area (TPSA) is 58.1 Å². The second-order valence-corrected chi connectivity index (χ2v) is 5.33. The first-order valence-corrected chi connectivity index (χ1v) is 7.64. The van der Waals surface area contributed by atoms with Crippen molar-refractivity contribution in [1.82, 2.24) is 9.97 Å². The molecule has 1 amide bonds. The van der Waals surface area contributed by atoms with E-state index in [0.29, 0.717) is 15.7 Å². The third-order valence-electron chi connectivity index (χ3n) is 3.14. The van der Waals surface area contributed by atoms with E-state index in [1.165, 1.54) is 6.20 Å². The zero-order valence-corrected chi connectivity index (χ0v) is 13.8. The Bertz CT molecular complexity index is 657. The fraction of sp³-hybridized carbons (Fsp3) is 0.267. The van der Waals surface area contributed by atoms with Crippen LogP contribution >= 0.6 is 23.2 Å². The van der Waals surface area contributed by atoms with Crippen LogP contribution in [-0.2, 0) is 0 Å². The summed E-state index contributed by atoms with van der Waals surface area (Å²) in [5.74, 6) is 0.396. The first-order chi connectivity index (χ1) is 10.5.